The van der Waals surface area contributed by atoms with Gasteiger partial charge in [-0.25, -0.2) is 15.0 Å². The summed E-state index contributed by atoms with van der Waals surface area (Å²) < 4.78 is 0. The summed E-state index contributed by atoms with van der Waals surface area (Å²) in [7, 11) is 0. The molecule has 8 rings (SSSR count). The van der Waals surface area contributed by atoms with Gasteiger partial charge < -0.3 is 0 Å². The summed E-state index contributed by atoms with van der Waals surface area (Å²) in [6, 6.07) is 64.0. The average molecular weight is 639 g/mol. The summed E-state index contributed by atoms with van der Waals surface area (Å²) in [4.78, 5) is 15.4. The van der Waals surface area contributed by atoms with Crippen molar-refractivity contribution in [3.8, 4) is 84.7 Å². The normalized spacial score (nSPS) is 10.8. The second kappa shape index (κ2) is 13.6. The zero-order valence-electron chi connectivity index (χ0n) is 27.1. The minimum Gasteiger partial charge on any atom is -0.208 e. The lowest BCUT2D eigenvalue weighted by atomic mass is 9.90. The van der Waals surface area contributed by atoms with Crippen molar-refractivity contribution in [2.45, 2.75) is 0 Å². The van der Waals surface area contributed by atoms with E-state index in [1.165, 1.54) is 0 Å². The molecule has 50 heavy (non-hydrogen) atoms. The van der Waals surface area contributed by atoms with Crippen LogP contribution in [0, 0.1) is 11.3 Å². The second-order valence-electron chi connectivity index (χ2n) is 12.0. The van der Waals surface area contributed by atoms with Gasteiger partial charge in [0.1, 0.15) is 0 Å². The van der Waals surface area contributed by atoms with Gasteiger partial charge in [-0.05, 0) is 51.1 Å². The third-order valence-corrected chi connectivity index (χ3v) is 8.83. The van der Waals surface area contributed by atoms with Crippen LogP contribution in [0.15, 0.2) is 182 Å². The Morgan fingerprint density at radius 1 is 0.300 bits per heavy atom. The molecule has 0 bridgehead atoms. The van der Waals surface area contributed by atoms with Crippen molar-refractivity contribution in [1.82, 2.24) is 15.0 Å². The highest BCUT2D eigenvalue weighted by Gasteiger charge is 2.19. The maximum Gasteiger partial charge on any atom is 0.164 e. The number of hydrogen-bond acceptors (Lipinski definition) is 4. The van der Waals surface area contributed by atoms with Crippen molar-refractivity contribution in [2.24, 2.45) is 0 Å². The first-order chi connectivity index (χ1) is 24.7. The first kappa shape index (κ1) is 30.4. The molecule has 0 saturated heterocycles. The van der Waals surface area contributed by atoms with Gasteiger partial charge in [-0.3, -0.25) is 0 Å². The summed E-state index contributed by atoms with van der Waals surface area (Å²) in [5, 5.41) is 9.44. The first-order valence-electron chi connectivity index (χ1n) is 16.5. The molecule has 0 aliphatic carbocycles. The van der Waals surface area contributed by atoms with E-state index in [0.29, 0.717) is 23.0 Å². The predicted molar refractivity (Wildman–Crippen MR) is 203 cm³/mol. The van der Waals surface area contributed by atoms with Crippen LogP contribution >= 0.6 is 0 Å². The van der Waals surface area contributed by atoms with Crippen LogP contribution in [0.3, 0.4) is 0 Å². The van der Waals surface area contributed by atoms with Crippen LogP contribution in [0.1, 0.15) is 5.56 Å². The van der Waals surface area contributed by atoms with Crippen molar-refractivity contribution in [3.05, 3.63) is 188 Å². The Hall–Kier alpha value is -6.96. The van der Waals surface area contributed by atoms with Crippen LogP contribution in [-0.4, -0.2) is 15.0 Å². The maximum atomic E-state index is 9.44. The van der Waals surface area contributed by atoms with E-state index in [2.05, 4.69) is 103 Å². The van der Waals surface area contributed by atoms with Gasteiger partial charge in [0, 0.05) is 22.3 Å². The van der Waals surface area contributed by atoms with Crippen LogP contribution in [0.4, 0.5) is 0 Å². The van der Waals surface area contributed by atoms with Gasteiger partial charge >= 0.3 is 0 Å². The molecule has 0 radical (unpaired) electrons. The fourth-order valence-corrected chi connectivity index (χ4v) is 6.26. The highest BCUT2D eigenvalue weighted by atomic mass is 15.0. The second-order valence-corrected chi connectivity index (χ2v) is 12.0. The van der Waals surface area contributed by atoms with E-state index in [4.69, 9.17) is 15.0 Å². The Morgan fingerprint density at radius 2 is 0.680 bits per heavy atom. The highest BCUT2D eigenvalue weighted by molar-refractivity contribution is 5.93. The molecule has 4 heteroatoms. The van der Waals surface area contributed by atoms with E-state index in [1.54, 1.807) is 0 Å². The quantitative estimate of drug-likeness (QED) is 0.174. The molecule has 0 aliphatic rings. The van der Waals surface area contributed by atoms with Gasteiger partial charge in [0.2, 0.25) is 0 Å². The van der Waals surface area contributed by atoms with E-state index >= 15 is 0 Å². The molecule has 0 saturated carbocycles. The lowest BCUT2D eigenvalue weighted by Gasteiger charge is -2.16. The van der Waals surface area contributed by atoms with E-state index in [9.17, 15) is 5.26 Å². The fraction of sp³-hybridized carbons (Fsp3) is 0. The molecule has 1 heterocycles. The fourth-order valence-electron chi connectivity index (χ4n) is 6.26. The molecule has 7 aromatic carbocycles. The SMILES string of the molecule is N#Cc1ccc(-c2cccc(-c3nc(-c4ccc(-c5ccccc5)cc4)nc(-c4ccc(-c5ccccc5)cc4)n3)c2-c2ccccc2)cc1. The topological polar surface area (TPSA) is 62.5 Å². The van der Waals surface area contributed by atoms with Crippen molar-refractivity contribution in [1.29, 1.82) is 5.26 Å². The monoisotopic (exact) mass is 638 g/mol. The molecule has 0 N–H and O–H groups in total. The van der Waals surface area contributed by atoms with Crippen LogP contribution in [-0.2, 0) is 0 Å². The van der Waals surface area contributed by atoms with Crippen molar-refractivity contribution < 1.29 is 0 Å². The summed E-state index contributed by atoms with van der Waals surface area (Å²) in [5.41, 5.74) is 12.0. The molecule has 0 spiro atoms. The Labute approximate surface area is 291 Å². The van der Waals surface area contributed by atoms with Crippen LogP contribution < -0.4 is 0 Å². The van der Waals surface area contributed by atoms with Crippen LogP contribution in [0.25, 0.3) is 78.7 Å². The Kier molecular flexibility index (Phi) is 8.29. The lowest BCUT2D eigenvalue weighted by molar-refractivity contribution is 1.07. The standard InChI is InChI=1S/C46H30N4/c47-31-32-19-21-37(22-20-32)41-17-10-18-42(43(41)38-15-8-3-9-16-38)46-49-44(39-27-23-35(24-28-39)33-11-4-1-5-12-33)48-45(50-46)40-29-25-36(26-30-40)34-13-6-2-7-14-34/h1-30H. The number of benzene rings is 7. The molecular formula is C46H30N4. The summed E-state index contributed by atoms with van der Waals surface area (Å²) >= 11 is 0. The van der Waals surface area contributed by atoms with Gasteiger partial charge in [0.15, 0.2) is 17.5 Å². The molecule has 0 atom stereocenters. The average Bonchev–Trinajstić information content (AvgIpc) is 3.21. The third kappa shape index (κ3) is 6.20. The van der Waals surface area contributed by atoms with Gasteiger partial charge in [-0.1, -0.05) is 170 Å². The number of hydrogen-bond donors (Lipinski definition) is 0. The minimum absolute atomic E-state index is 0.582. The Bertz CT molecular complexity index is 2330. The number of nitrogens with zero attached hydrogens (tertiary/aromatic N) is 4. The largest absolute Gasteiger partial charge is 0.208 e. The number of rotatable bonds is 7. The zero-order valence-corrected chi connectivity index (χ0v) is 27.1. The van der Waals surface area contributed by atoms with Crippen molar-refractivity contribution in [2.75, 3.05) is 0 Å². The number of nitriles is 1. The predicted octanol–water partition coefficient (Wildman–Crippen LogP) is 11.4. The Morgan fingerprint density at radius 3 is 1.16 bits per heavy atom. The van der Waals surface area contributed by atoms with Crippen LogP contribution in [0.2, 0.25) is 0 Å². The molecule has 234 valence electrons. The molecular weight excluding hydrogens is 609 g/mol. The van der Waals surface area contributed by atoms with E-state index in [-0.39, 0.29) is 0 Å². The molecule has 8 aromatic rings. The molecule has 0 unspecified atom stereocenters. The first-order valence-corrected chi connectivity index (χ1v) is 16.5. The third-order valence-electron chi connectivity index (χ3n) is 8.83. The van der Waals surface area contributed by atoms with E-state index in [0.717, 1.165) is 61.2 Å². The van der Waals surface area contributed by atoms with Gasteiger partial charge in [0.05, 0.1) is 11.6 Å². The Balaban J connectivity index is 1.31. The van der Waals surface area contributed by atoms with Crippen molar-refractivity contribution in [3.63, 3.8) is 0 Å². The lowest BCUT2D eigenvalue weighted by Crippen LogP contribution is -2.02. The summed E-state index contributed by atoms with van der Waals surface area (Å²) in [6.07, 6.45) is 0. The molecule has 0 amide bonds. The number of aromatic nitrogens is 3. The molecule has 4 nitrogen and oxygen atoms in total. The smallest absolute Gasteiger partial charge is 0.164 e. The molecule has 0 aliphatic heterocycles. The summed E-state index contributed by atoms with van der Waals surface area (Å²) in [5.74, 6) is 1.78. The maximum absolute atomic E-state index is 9.44. The van der Waals surface area contributed by atoms with E-state index < -0.39 is 0 Å². The minimum atomic E-state index is 0.582. The van der Waals surface area contributed by atoms with Gasteiger partial charge in [0.25, 0.3) is 0 Å². The molecule has 0 fully saturated rings. The van der Waals surface area contributed by atoms with Gasteiger partial charge in [-0.15, -0.1) is 0 Å². The van der Waals surface area contributed by atoms with E-state index in [1.807, 2.05) is 84.9 Å². The van der Waals surface area contributed by atoms with Crippen LogP contribution in [0.5, 0.6) is 0 Å². The van der Waals surface area contributed by atoms with Gasteiger partial charge in [-0.2, -0.15) is 5.26 Å². The highest BCUT2D eigenvalue weighted by Crippen LogP contribution is 2.40. The molecule has 1 aromatic heterocycles. The summed E-state index contributed by atoms with van der Waals surface area (Å²) in [6.45, 7) is 0. The van der Waals surface area contributed by atoms with Crippen molar-refractivity contribution >= 4 is 0 Å². The zero-order chi connectivity index (χ0) is 33.7.